The lowest BCUT2D eigenvalue weighted by molar-refractivity contribution is 0.629. The summed E-state index contributed by atoms with van der Waals surface area (Å²) in [5.74, 6) is -0.247. The van der Waals surface area contributed by atoms with Crippen molar-refractivity contribution in [1.82, 2.24) is 4.98 Å². The van der Waals surface area contributed by atoms with E-state index in [4.69, 9.17) is 0 Å². The fourth-order valence-electron chi connectivity index (χ4n) is 1.01. The molecular formula is C9H6FNS. The molecule has 0 amide bonds. The van der Waals surface area contributed by atoms with Gasteiger partial charge in [-0.15, -0.1) is 11.3 Å². The summed E-state index contributed by atoms with van der Waals surface area (Å²) in [6, 6.07) is 4.60. The Morgan fingerprint density at radius 2 is 2.33 bits per heavy atom. The van der Waals surface area contributed by atoms with Crippen molar-refractivity contribution in [1.29, 1.82) is 0 Å². The second kappa shape index (κ2) is 2.68. The minimum absolute atomic E-state index is 0.247. The predicted molar refractivity (Wildman–Crippen MR) is 49.7 cm³/mol. The maximum absolute atomic E-state index is 12.7. The summed E-state index contributed by atoms with van der Waals surface area (Å²) in [6.45, 7) is 3.60. The van der Waals surface area contributed by atoms with Crippen LogP contribution in [0, 0.1) is 5.82 Å². The third kappa shape index (κ3) is 1.12. The molecule has 3 heteroatoms. The van der Waals surface area contributed by atoms with Gasteiger partial charge in [-0.05, 0) is 18.2 Å². The van der Waals surface area contributed by atoms with Crippen LogP contribution in [0.15, 0.2) is 24.8 Å². The van der Waals surface area contributed by atoms with Crippen LogP contribution in [0.5, 0.6) is 0 Å². The summed E-state index contributed by atoms with van der Waals surface area (Å²) in [6.07, 6.45) is 1.67. The van der Waals surface area contributed by atoms with Crippen LogP contribution in [0.2, 0.25) is 0 Å². The molecule has 0 aliphatic rings. The number of benzene rings is 1. The zero-order valence-corrected chi connectivity index (χ0v) is 7.07. The lowest BCUT2D eigenvalue weighted by atomic mass is 10.3. The van der Waals surface area contributed by atoms with Crippen LogP contribution >= 0.6 is 11.3 Å². The van der Waals surface area contributed by atoms with E-state index >= 15 is 0 Å². The highest BCUT2D eigenvalue weighted by Gasteiger charge is 2.00. The molecule has 60 valence electrons. The predicted octanol–water partition coefficient (Wildman–Crippen LogP) is 3.08. The molecule has 1 aromatic carbocycles. The normalized spacial score (nSPS) is 10.4. The van der Waals surface area contributed by atoms with Gasteiger partial charge in [0, 0.05) is 6.07 Å². The molecule has 0 spiro atoms. The third-order valence-corrected chi connectivity index (χ3v) is 2.57. The van der Waals surface area contributed by atoms with Crippen molar-refractivity contribution in [3.63, 3.8) is 0 Å². The molecule has 0 radical (unpaired) electrons. The molecule has 0 saturated heterocycles. The Labute approximate surface area is 73.2 Å². The van der Waals surface area contributed by atoms with Crippen LogP contribution in [0.1, 0.15) is 5.01 Å². The summed E-state index contributed by atoms with van der Waals surface area (Å²) in [5.41, 5.74) is 0.704. The van der Waals surface area contributed by atoms with Crippen LogP contribution in [-0.2, 0) is 0 Å². The monoisotopic (exact) mass is 179 g/mol. The van der Waals surface area contributed by atoms with Crippen molar-refractivity contribution in [3.8, 4) is 0 Å². The van der Waals surface area contributed by atoms with E-state index in [-0.39, 0.29) is 5.82 Å². The van der Waals surface area contributed by atoms with Gasteiger partial charge in [0.25, 0.3) is 0 Å². The molecule has 0 atom stereocenters. The van der Waals surface area contributed by atoms with E-state index in [1.807, 2.05) is 0 Å². The smallest absolute Gasteiger partial charge is 0.125 e. The van der Waals surface area contributed by atoms with Crippen molar-refractivity contribution in [2.24, 2.45) is 0 Å². The van der Waals surface area contributed by atoms with Crippen molar-refractivity contribution >= 4 is 27.6 Å². The SMILES string of the molecule is C=Cc1nc2cc(F)ccc2s1. The Morgan fingerprint density at radius 3 is 3.08 bits per heavy atom. The molecule has 12 heavy (non-hydrogen) atoms. The van der Waals surface area contributed by atoms with Crippen LogP contribution in [-0.4, -0.2) is 4.98 Å². The fourth-order valence-corrected chi connectivity index (χ4v) is 1.80. The molecular weight excluding hydrogens is 173 g/mol. The van der Waals surface area contributed by atoms with Gasteiger partial charge in [0.15, 0.2) is 0 Å². The molecule has 0 unspecified atom stereocenters. The van der Waals surface area contributed by atoms with E-state index < -0.39 is 0 Å². The first-order valence-electron chi connectivity index (χ1n) is 3.48. The Bertz CT molecular complexity index is 433. The Balaban J connectivity index is 2.75. The highest BCUT2D eigenvalue weighted by atomic mass is 32.1. The largest absolute Gasteiger partial charge is 0.237 e. The number of thiazole rings is 1. The Kier molecular flexibility index (Phi) is 1.66. The molecule has 0 fully saturated rings. The van der Waals surface area contributed by atoms with E-state index in [1.165, 1.54) is 23.5 Å². The maximum atomic E-state index is 12.7. The van der Waals surface area contributed by atoms with Crippen molar-refractivity contribution in [3.05, 3.63) is 35.6 Å². The first-order valence-corrected chi connectivity index (χ1v) is 4.30. The van der Waals surface area contributed by atoms with Gasteiger partial charge in [0.1, 0.15) is 10.8 Å². The van der Waals surface area contributed by atoms with Crippen LogP contribution in [0.3, 0.4) is 0 Å². The topological polar surface area (TPSA) is 12.9 Å². The average Bonchev–Trinajstić information content (AvgIpc) is 2.46. The number of rotatable bonds is 1. The van der Waals surface area contributed by atoms with Crippen molar-refractivity contribution in [2.75, 3.05) is 0 Å². The number of aromatic nitrogens is 1. The number of hydrogen-bond donors (Lipinski definition) is 0. The summed E-state index contributed by atoms with van der Waals surface area (Å²) in [5, 5.41) is 0.829. The molecule has 0 N–H and O–H groups in total. The minimum Gasteiger partial charge on any atom is -0.237 e. The number of nitrogens with zero attached hydrogens (tertiary/aromatic N) is 1. The molecule has 1 aromatic heterocycles. The first-order chi connectivity index (χ1) is 5.79. The van der Waals surface area contributed by atoms with Gasteiger partial charge in [-0.3, -0.25) is 0 Å². The fraction of sp³-hybridized carbons (Fsp3) is 0. The van der Waals surface area contributed by atoms with E-state index in [1.54, 1.807) is 12.1 Å². The molecule has 0 aliphatic carbocycles. The number of halogens is 1. The van der Waals surface area contributed by atoms with Gasteiger partial charge in [0.2, 0.25) is 0 Å². The Hall–Kier alpha value is -1.22. The first kappa shape index (κ1) is 7.43. The van der Waals surface area contributed by atoms with Crippen LogP contribution in [0.4, 0.5) is 4.39 Å². The third-order valence-electron chi connectivity index (χ3n) is 1.54. The standard InChI is InChI=1S/C9H6FNS/c1-2-9-11-7-5-6(10)3-4-8(7)12-9/h2-5H,1H2. The van der Waals surface area contributed by atoms with Gasteiger partial charge in [-0.25, -0.2) is 9.37 Å². The second-order valence-electron chi connectivity index (χ2n) is 2.37. The van der Waals surface area contributed by atoms with E-state index in [2.05, 4.69) is 11.6 Å². The molecule has 2 rings (SSSR count). The zero-order chi connectivity index (χ0) is 8.55. The van der Waals surface area contributed by atoms with E-state index in [9.17, 15) is 4.39 Å². The molecule has 1 nitrogen and oxygen atoms in total. The van der Waals surface area contributed by atoms with Crippen LogP contribution < -0.4 is 0 Å². The second-order valence-corrected chi connectivity index (χ2v) is 3.43. The average molecular weight is 179 g/mol. The molecule has 0 bridgehead atoms. The number of hydrogen-bond acceptors (Lipinski definition) is 2. The van der Waals surface area contributed by atoms with Crippen LogP contribution in [0.25, 0.3) is 16.3 Å². The van der Waals surface area contributed by atoms with E-state index in [0.717, 1.165) is 9.71 Å². The molecule has 2 aromatic rings. The number of fused-ring (bicyclic) bond motifs is 1. The molecule has 0 saturated carbocycles. The minimum atomic E-state index is -0.247. The summed E-state index contributed by atoms with van der Waals surface area (Å²) in [4.78, 5) is 4.15. The highest BCUT2D eigenvalue weighted by molar-refractivity contribution is 7.19. The molecule has 0 aliphatic heterocycles. The summed E-state index contributed by atoms with van der Waals surface area (Å²) >= 11 is 1.51. The van der Waals surface area contributed by atoms with Crippen molar-refractivity contribution in [2.45, 2.75) is 0 Å². The van der Waals surface area contributed by atoms with Gasteiger partial charge in [-0.1, -0.05) is 6.58 Å². The van der Waals surface area contributed by atoms with Gasteiger partial charge >= 0.3 is 0 Å². The molecule has 1 heterocycles. The van der Waals surface area contributed by atoms with Gasteiger partial charge < -0.3 is 0 Å². The lowest BCUT2D eigenvalue weighted by Crippen LogP contribution is -1.72. The zero-order valence-electron chi connectivity index (χ0n) is 6.25. The summed E-state index contributed by atoms with van der Waals surface area (Å²) < 4.78 is 13.7. The Morgan fingerprint density at radius 1 is 1.50 bits per heavy atom. The lowest BCUT2D eigenvalue weighted by Gasteiger charge is -1.85. The summed E-state index contributed by atoms with van der Waals surface area (Å²) in [7, 11) is 0. The van der Waals surface area contributed by atoms with Gasteiger partial charge in [0.05, 0.1) is 10.2 Å². The maximum Gasteiger partial charge on any atom is 0.125 e. The highest BCUT2D eigenvalue weighted by Crippen LogP contribution is 2.22. The van der Waals surface area contributed by atoms with Crippen molar-refractivity contribution < 1.29 is 4.39 Å². The van der Waals surface area contributed by atoms with E-state index in [0.29, 0.717) is 5.52 Å². The quantitative estimate of drug-likeness (QED) is 0.655. The van der Waals surface area contributed by atoms with Gasteiger partial charge in [-0.2, -0.15) is 0 Å².